The number of rotatable bonds is 4. The van der Waals surface area contributed by atoms with Crippen molar-refractivity contribution in [3.05, 3.63) is 41.7 Å². The Morgan fingerprint density at radius 3 is 3.09 bits per heavy atom. The van der Waals surface area contributed by atoms with E-state index in [4.69, 9.17) is 5.26 Å². The van der Waals surface area contributed by atoms with Crippen molar-refractivity contribution >= 4 is 28.1 Å². The predicted molar refractivity (Wildman–Crippen MR) is 87.9 cm³/mol. The lowest BCUT2D eigenvalue weighted by atomic mass is 10.2. The van der Waals surface area contributed by atoms with Crippen LogP contribution in [0.3, 0.4) is 0 Å². The number of nitrogens with zero attached hydrogens (tertiary/aromatic N) is 4. The molecule has 0 spiro atoms. The summed E-state index contributed by atoms with van der Waals surface area (Å²) in [5, 5.41) is 14.7. The van der Waals surface area contributed by atoms with E-state index >= 15 is 0 Å². The molecule has 0 radical (unpaired) electrons. The molecule has 23 heavy (non-hydrogen) atoms. The van der Waals surface area contributed by atoms with E-state index in [1.807, 2.05) is 24.3 Å². The highest BCUT2D eigenvalue weighted by atomic mass is 32.1. The van der Waals surface area contributed by atoms with E-state index < -0.39 is 0 Å². The van der Waals surface area contributed by atoms with Gasteiger partial charge in [0.25, 0.3) is 0 Å². The number of amides is 1. The molecular weight excluding hydrogens is 312 g/mol. The monoisotopic (exact) mass is 324 g/mol. The molecule has 1 aliphatic rings. The third kappa shape index (κ3) is 3.41. The highest BCUT2D eigenvalue weighted by molar-refractivity contribution is 7.18. The molecule has 2 N–H and O–H groups in total. The second kappa shape index (κ2) is 6.81. The van der Waals surface area contributed by atoms with Gasteiger partial charge in [0.15, 0.2) is 5.13 Å². The number of anilines is 1. The molecule has 0 aromatic carbocycles. The van der Waals surface area contributed by atoms with Crippen LogP contribution in [0.5, 0.6) is 0 Å². The van der Waals surface area contributed by atoms with E-state index in [0.29, 0.717) is 23.1 Å². The summed E-state index contributed by atoms with van der Waals surface area (Å²) in [7, 11) is 0. The van der Waals surface area contributed by atoms with E-state index in [-0.39, 0.29) is 12.3 Å². The molecule has 1 amide bonds. The van der Waals surface area contributed by atoms with Gasteiger partial charge in [-0.1, -0.05) is 17.4 Å². The second-order valence-corrected chi connectivity index (χ2v) is 5.57. The molecule has 0 atom stereocenters. The van der Waals surface area contributed by atoms with Crippen molar-refractivity contribution in [3.63, 3.8) is 0 Å². The fourth-order valence-corrected chi connectivity index (χ4v) is 2.99. The van der Waals surface area contributed by atoms with Crippen molar-refractivity contribution in [1.29, 1.82) is 5.26 Å². The lowest BCUT2D eigenvalue weighted by molar-refractivity contribution is -0.115. The van der Waals surface area contributed by atoms with Crippen LogP contribution in [0.15, 0.2) is 41.8 Å². The Labute approximate surface area is 136 Å². The summed E-state index contributed by atoms with van der Waals surface area (Å²) in [5.74, 6) is -0.385. The summed E-state index contributed by atoms with van der Waals surface area (Å²) in [5.41, 5.74) is 2.20. The lowest BCUT2D eigenvalue weighted by Crippen LogP contribution is -2.21. The summed E-state index contributed by atoms with van der Waals surface area (Å²) in [6.07, 6.45) is 4.92. The van der Waals surface area contributed by atoms with Gasteiger partial charge in [0, 0.05) is 18.6 Å². The van der Waals surface area contributed by atoms with Crippen LogP contribution in [0, 0.1) is 11.3 Å². The molecule has 7 nitrogen and oxygen atoms in total. The Morgan fingerprint density at radius 2 is 2.39 bits per heavy atom. The standard InChI is InChI=1S/C15H12N6OS/c16-5-4-12(22)20-15-21-13(10-3-1-2-6-18-10)14(23-15)11-9-17-7-8-19-11/h1-3,6-8,17H,4,9H2,(H,20,21,22). The van der Waals surface area contributed by atoms with Gasteiger partial charge in [-0.3, -0.25) is 14.8 Å². The summed E-state index contributed by atoms with van der Waals surface area (Å²) >= 11 is 1.32. The number of pyridine rings is 1. The molecule has 0 saturated carbocycles. The van der Waals surface area contributed by atoms with Crippen LogP contribution in [-0.2, 0) is 4.79 Å². The zero-order valence-electron chi connectivity index (χ0n) is 12.0. The SMILES string of the molecule is N#CCC(=O)Nc1nc(-c2ccccn2)c(C2=NC=CNC2)s1. The van der Waals surface area contributed by atoms with E-state index in [9.17, 15) is 4.79 Å². The summed E-state index contributed by atoms with van der Waals surface area (Å²) in [4.78, 5) is 25.6. The van der Waals surface area contributed by atoms with Crippen LogP contribution in [-0.4, -0.2) is 28.1 Å². The normalized spacial score (nSPS) is 12.9. The first kappa shape index (κ1) is 14.9. The molecule has 3 rings (SSSR count). The first-order valence-electron chi connectivity index (χ1n) is 6.82. The molecule has 0 saturated heterocycles. The van der Waals surface area contributed by atoms with Gasteiger partial charge in [0.1, 0.15) is 12.1 Å². The van der Waals surface area contributed by atoms with Crippen LogP contribution in [0.4, 0.5) is 5.13 Å². The minimum atomic E-state index is -0.385. The molecule has 8 heteroatoms. The zero-order valence-corrected chi connectivity index (χ0v) is 12.8. The number of thiazole rings is 1. The van der Waals surface area contributed by atoms with Gasteiger partial charge in [-0.2, -0.15) is 5.26 Å². The summed E-state index contributed by atoms with van der Waals surface area (Å²) < 4.78 is 0. The second-order valence-electron chi connectivity index (χ2n) is 4.57. The molecule has 2 aromatic heterocycles. The fraction of sp³-hybridized carbons (Fsp3) is 0.133. The van der Waals surface area contributed by atoms with Gasteiger partial charge in [-0.25, -0.2) is 4.98 Å². The average molecular weight is 324 g/mol. The van der Waals surface area contributed by atoms with Crippen LogP contribution in [0.2, 0.25) is 0 Å². The predicted octanol–water partition coefficient (Wildman–Crippen LogP) is 1.92. The van der Waals surface area contributed by atoms with Crippen molar-refractivity contribution in [2.24, 2.45) is 4.99 Å². The van der Waals surface area contributed by atoms with Gasteiger partial charge in [0.2, 0.25) is 5.91 Å². The first-order valence-corrected chi connectivity index (χ1v) is 7.64. The minimum Gasteiger partial charge on any atom is -0.384 e. The number of carbonyl (C=O) groups excluding carboxylic acids is 1. The third-order valence-electron chi connectivity index (χ3n) is 2.98. The first-order chi connectivity index (χ1) is 11.3. The van der Waals surface area contributed by atoms with Crippen LogP contribution < -0.4 is 10.6 Å². The molecule has 2 aromatic rings. The quantitative estimate of drug-likeness (QED) is 0.894. The van der Waals surface area contributed by atoms with E-state index in [1.54, 1.807) is 18.6 Å². The molecule has 0 fully saturated rings. The topological polar surface area (TPSA) is 103 Å². The fourth-order valence-electron chi connectivity index (χ4n) is 2.00. The van der Waals surface area contributed by atoms with Gasteiger partial charge in [0.05, 0.1) is 28.9 Å². The number of carbonyl (C=O) groups is 1. The Balaban J connectivity index is 2.00. The number of hydrogen-bond donors (Lipinski definition) is 2. The number of aromatic nitrogens is 2. The van der Waals surface area contributed by atoms with Crippen LogP contribution >= 0.6 is 11.3 Å². The zero-order chi connectivity index (χ0) is 16.1. The number of nitriles is 1. The molecule has 1 aliphatic heterocycles. The maximum absolute atomic E-state index is 11.6. The number of hydrogen-bond acceptors (Lipinski definition) is 7. The lowest BCUT2D eigenvalue weighted by Gasteiger charge is -2.08. The minimum absolute atomic E-state index is 0.209. The highest BCUT2D eigenvalue weighted by Crippen LogP contribution is 2.31. The molecule has 0 bridgehead atoms. The van der Waals surface area contributed by atoms with Crippen LogP contribution in [0.1, 0.15) is 11.3 Å². The van der Waals surface area contributed by atoms with Crippen molar-refractivity contribution in [1.82, 2.24) is 15.3 Å². The molecule has 0 aliphatic carbocycles. The van der Waals surface area contributed by atoms with E-state index in [1.165, 1.54) is 11.3 Å². The van der Waals surface area contributed by atoms with Crippen molar-refractivity contribution in [2.45, 2.75) is 6.42 Å². The Morgan fingerprint density at radius 1 is 1.48 bits per heavy atom. The number of nitrogens with one attached hydrogen (secondary N) is 2. The van der Waals surface area contributed by atoms with Gasteiger partial charge < -0.3 is 10.6 Å². The molecule has 114 valence electrons. The van der Waals surface area contributed by atoms with E-state index in [2.05, 4.69) is 25.6 Å². The van der Waals surface area contributed by atoms with Gasteiger partial charge >= 0.3 is 0 Å². The van der Waals surface area contributed by atoms with Gasteiger partial charge in [-0.15, -0.1) is 0 Å². The van der Waals surface area contributed by atoms with Crippen molar-refractivity contribution in [3.8, 4) is 17.5 Å². The average Bonchev–Trinajstić information content (AvgIpc) is 3.00. The molecular formula is C15H12N6OS. The summed E-state index contributed by atoms with van der Waals surface area (Å²) in [6.45, 7) is 0.574. The third-order valence-corrected chi connectivity index (χ3v) is 3.99. The number of aliphatic imine (C=N–C) groups is 1. The Bertz CT molecular complexity index is 818. The largest absolute Gasteiger partial charge is 0.384 e. The summed E-state index contributed by atoms with van der Waals surface area (Å²) in [6, 6.07) is 7.37. The molecule has 0 unspecified atom stereocenters. The van der Waals surface area contributed by atoms with Crippen molar-refractivity contribution < 1.29 is 4.79 Å². The maximum atomic E-state index is 11.6. The van der Waals surface area contributed by atoms with Gasteiger partial charge in [-0.05, 0) is 12.1 Å². The highest BCUT2D eigenvalue weighted by Gasteiger charge is 2.20. The van der Waals surface area contributed by atoms with E-state index in [0.717, 1.165) is 10.6 Å². The Hall–Kier alpha value is -3.05. The van der Waals surface area contributed by atoms with Crippen molar-refractivity contribution in [2.75, 3.05) is 11.9 Å². The maximum Gasteiger partial charge on any atom is 0.240 e. The smallest absolute Gasteiger partial charge is 0.240 e. The Kier molecular flexibility index (Phi) is 4.40. The van der Waals surface area contributed by atoms with Crippen LogP contribution in [0.25, 0.3) is 11.4 Å². The molecule has 3 heterocycles.